The summed E-state index contributed by atoms with van der Waals surface area (Å²) in [7, 11) is 3.56. The molecule has 1 amide bonds. The first-order valence-electron chi connectivity index (χ1n) is 13.1. The average molecular weight is 516 g/mol. The highest BCUT2D eigenvalue weighted by Crippen LogP contribution is 2.47. The molecule has 8 nitrogen and oxygen atoms in total. The predicted octanol–water partition coefficient (Wildman–Crippen LogP) is 5.88. The number of pyridine rings is 1. The predicted molar refractivity (Wildman–Crippen MR) is 149 cm³/mol. The first kappa shape index (κ1) is 25.8. The monoisotopic (exact) mass is 515 g/mol. The van der Waals surface area contributed by atoms with Crippen LogP contribution in [0.1, 0.15) is 84.8 Å². The van der Waals surface area contributed by atoms with Gasteiger partial charge in [0.2, 0.25) is 0 Å². The van der Waals surface area contributed by atoms with Gasteiger partial charge in [0.15, 0.2) is 11.4 Å². The van der Waals surface area contributed by atoms with Crippen LogP contribution in [0.25, 0.3) is 11.0 Å². The van der Waals surface area contributed by atoms with Gasteiger partial charge in [-0.05, 0) is 78.5 Å². The van der Waals surface area contributed by atoms with Crippen LogP contribution in [-0.2, 0) is 24.3 Å². The smallest absolute Gasteiger partial charge is 0.305 e. The molecule has 1 aromatic carbocycles. The number of anilines is 1. The molecule has 3 heterocycles. The molecule has 1 aliphatic carbocycles. The highest BCUT2D eigenvalue weighted by Gasteiger charge is 2.38. The van der Waals surface area contributed by atoms with E-state index in [1.54, 1.807) is 17.9 Å². The fourth-order valence-corrected chi connectivity index (χ4v) is 5.66. The highest BCUT2D eigenvalue weighted by molar-refractivity contribution is 5.92. The molecule has 8 heteroatoms. The number of rotatable bonds is 6. The third-order valence-corrected chi connectivity index (χ3v) is 7.97. The van der Waals surface area contributed by atoms with Gasteiger partial charge in [-0.15, -0.1) is 0 Å². The molecule has 5 rings (SSSR count). The lowest BCUT2D eigenvalue weighted by atomic mass is 9.63. The van der Waals surface area contributed by atoms with Crippen molar-refractivity contribution in [2.75, 3.05) is 12.5 Å². The van der Waals surface area contributed by atoms with E-state index in [2.05, 4.69) is 60.8 Å². The van der Waals surface area contributed by atoms with Crippen LogP contribution in [0.4, 0.5) is 5.82 Å². The van der Waals surface area contributed by atoms with E-state index in [0.717, 1.165) is 46.4 Å². The fraction of sp³-hybridized carbons (Fsp3) is 0.433. The number of aromatic nitrogens is 3. The maximum Gasteiger partial charge on any atom is 0.305 e. The van der Waals surface area contributed by atoms with Crippen LogP contribution in [0.5, 0.6) is 5.75 Å². The molecule has 0 unspecified atom stereocenters. The first-order chi connectivity index (χ1) is 17.9. The van der Waals surface area contributed by atoms with Gasteiger partial charge >= 0.3 is 5.91 Å². The quantitative estimate of drug-likeness (QED) is 0.311. The summed E-state index contributed by atoms with van der Waals surface area (Å²) < 4.78 is 13.5. The van der Waals surface area contributed by atoms with Gasteiger partial charge in [0.05, 0.1) is 12.8 Å². The van der Waals surface area contributed by atoms with E-state index in [9.17, 15) is 4.79 Å². The number of amides is 1. The van der Waals surface area contributed by atoms with Gasteiger partial charge in [-0.2, -0.15) is 5.10 Å². The Bertz CT molecular complexity index is 1540. The number of carbonyl (C=O) groups excluding carboxylic acids is 1. The zero-order valence-electron chi connectivity index (χ0n) is 23.6. The summed E-state index contributed by atoms with van der Waals surface area (Å²) in [5.41, 5.74) is 12.3. The molecule has 0 saturated carbocycles. The number of hydrogen-bond acceptors (Lipinski definition) is 6. The molecule has 0 fully saturated rings. The molecule has 3 aromatic heterocycles. The van der Waals surface area contributed by atoms with Crippen LogP contribution < -0.4 is 15.6 Å². The number of ether oxygens (including phenoxy) is 1. The SMILES string of the molecule is COc1cc2c(cc1Cc1ccc(C(=O)NNc3cc(C)c4c(C)nn(C)c4n3)o1)C(C)(C)CCC2(C)C. The zero-order valence-corrected chi connectivity index (χ0v) is 23.6. The number of fused-ring (bicyclic) bond motifs is 2. The number of hydrogen-bond donors (Lipinski definition) is 2. The minimum Gasteiger partial charge on any atom is -0.496 e. The van der Waals surface area contributed by atoms with E-state index in [1.807, 2.05) is 33.0 Å². The van der Waals surface area contributed by atoms with Crippen LogP contribution in [0, 0.1) is 13.8 Å². The highest BCUT2D eigenvalue weighted by atomic mass is 16.5. The molecule has 0 aliphatic heterocycles. The summed E-state index contributed by atoms with van der Waals surface area (Å²) in [6.45, 7) is 13.2. The second-order valence-corrected chi connectivity index (χ2v) is 11.7. The Balaban J connectivity index is 1.33. The molecule has 1 aliphatic rings. The van der Waals surface area contributed by atoms with E-state index in [4.69, 9.17) is 9.15 Å². The fourth-order valence-electron chi connectivity index (χ4n) is 5.66. The molecule has 2 N–H and O–H groups in total. The van der Waals surface area contributed by atoms with Crippen molar-refractivity contribution in [1.29, 1.82) is 0 Å². The van der Waals surface area contributed by atoms with Crippen molar-refractivity contribution < 1.29 is 13.9 Å². The molecule has 0 bridgehead atoms. The Labute approximate surface area is 223 Å². The Morgan fingerprint density at radius 1 is 1.08 bits per heavy atom. The van der Waals surface area contributed by atoms with Crippen molar-refractivity contribution in [3.8, 4) is 5.75 Å². The third kappa shape index (κ3) is 4.52. The maximum atomic E-state index is 12.8. The van der Waals surface area contributed by atoms with Gasteiger partial charge in [0.1, 0.15) is 17.3 Å². The second kappa shape index (κ2) is 9.19. The van der Waals surface area contributed by atoms with Crippen LogP contribution in [0.15, 0.2) is 34.7 Å². The lowest BCUT2D eigenvalue weighted by Crippen LogP contribution is -2.34. The summed E-state index contributed by atoms with van der Waals surface area (Å²) in [6, 6.07) is 9.88. The third-order valence-electron chi connectivity index (χ3n) is 7.97. The van der Waals surface area contributed by atoms with Crippen molar-refractivity contribution in [3.05, 3.63) is 69.8 Å². The van der Waals surface area contributed by atoms with E-state index in [0.29, 0.717) is 18.0 Å². The topological polar surface area (TPSA) is 94.2 Å². The average Bonchev–Trinajstić information content (AvgIpc) is 3.44. The van der Waals surface area contributed by atoms with E-state index >= 15 is 0 Å². The Morgan fingerprint density at radius 3 is 2.45 bits per heavy atom. The number of nitrogens with one attached hydrogen (secondary N) is 2. The van der Waals surface area contributed by atoms with Gasteiger partial charge in [-0.25, -0.2) is 4.98 Å². The minimum absolute atomic E-state index is 0.0926. The van der Waals surface area contributed by atoms with Crippen molar-refractivity contribution >= 4 is 22.8 Å². The van der Waals surface area contributed by atoms with Crippen molar-refractivity contribution in [1.82, 2.24) is 20.2 Å². The number of benzene rings is 1. The number of furan rings is 1. The van der Waals surface area contributed by atoms with E-state index < -0.39 is 0 Å². The number of hydrazine groups is 1. The zero-order chi connectivity index (χ0) is 27.4. The van der Waals surface area contributed by atoms with Crippen LogP contribution in [0.3, 0.4) is 0 Å². The molecular formula is C30H37N5O3. The van der Waals surface area contributed by atoms with Crippen molar-refractivity contribution in [3.63, 3.8) is 0 Å². The van der Waals surface area contributed by atoms with Crippen LogP contribution in [0.2, 0.25) is 0 Å². The first-order valence-corrected chi connectivity index (χ1v) is 13.1. The number of aryl methyl sites for hydroxylation is 3. The largest absolute Gasteiger partial charge is 0.496 e. The molecule has 0 saturated heterocycles. The summed E-state index contributed by atoms with van der Waals surface area (Å²) >= 11 is 0. The van der Waals surface area contributed by atoms with Crippen molar-refractivity contribution in [2.24, 2.45) is 7.05 Å². The molecule has 0 spiro atoms. The van der Waals surface area contributed by atoms with Gasteiger partial charge in [0.25, 0.3) is 0 Å². The lowest BCUT2D eigenvalue weighted by Gasteiger charge is -2.42. The van der Waals surface area contributed by atoms with Gasteiger partial charge in [-0.3, -0.25) is 20.3 Å². The Hall–Kier alpha value is -3.81. The molecule has 200 valence electrons. The Kier molecular flexibility index (Phi) is 6.24. The maximum absolute atomic E-state index is 12.8. The standard InChI is InChI=1S/C30H37N5O3/c1-17-13-25(31-27-26(17)18(2)34-35(27)7)32-33-28(36)23-10-9-20(38-23)14-19-15-21-22(16-24(19)37-8)30(5,6)12-11-29(21,3)4/h9-10,13,15-16H,11-12,14H2,1-8H3,(H,31,32)(H,33,36). The summed E-state index contributed by atoms with van der Waals surface area (Å²) in [6.07, 6.45) is 2.81. The second-order valence-electron chi connectivity index (χ2n) is 11.7. The normalized spacial score (nSPS) is 15.8. The summed E-state index contributed by atoms with van der Waals surface area (Å²) in [4.78, 5) is 17.4. The lowest BCUT2D eigenvalue weighted by molar-refractivity contribution is 0.0933. The van der Waals surface area contributed by atoms with Crippen molar-refractivity contribution in [2.45, 2.75) is 71.6 Å². The van der Waals surface area contributed by atoms with Gasteiger partial charge in [-0.1, -0.05) is 33.8 Å². The van der Waals surface area contributed by atoms with Crippen LogP contribution in [-0.4, -0.2) is 27.8 Å². The number of nitrogens with zero attached hydrogens (tertiary/aromatic N) is 3. The summed E-state index contributed by atoms with van der Waals surface area (Å²) in [5.74, 6) is 1.92. The van der Waals surface area contributed by atoms with Gasteiger partial charge < -0.3 is 9.15 Å². The number of methoxy groups -OCH3 is 1. The number of carbonyl (C=O) groups is 1. The molecule has 0 atom stereocenters. The molecule has 0 radical (unpaired) electrons. The van der Waals surface area contributed by atoms with Crippen LogP contribution >= 0.6 is 0 Å². The minimum atomic E-state index is -0.378. The summed E-state index contributed by atoms with van der Waals surface area (Å²) in [5, 5.41) is 5.46. The molecule has 38 heavy (non-hydrogen) atoms. The van der Waals surface area contributed by atoms with E-state index in [-0.39, 0.29) is 22.5 Å². The molecular weight excluding hydrogens is 478 g/mol. The van der Waals surface area contributed by atoms with Gasteiger partial charge in [0, 0.05) is 24.4 Å². The Morgan fingerprint density at radius 2 is 1.76 bits per heavy atom. The molecule has 4 aromatic rings. The van der Waals surface area contributed by atoms with E-state index in [1.165, 1.54) is 11.1 Å².